The van der Waals surface area contributed by atoms with Gasteiger partial charge < -0.3 is 24.1 Å². The number of rotatable bonds is 7. The molecule has 0 aromatic carbocycles. The Balaban J connectivity index is 1.67. The van der Waals surface area contributed by atoms with Gasteiger partial charge in [0.1, 0.15) is 12.2 Å². The van der Waals surface area contributed by atoms with E-state index >= 15 is 0 Å². The van der Waals surface area contributed by atoms with Crippen molar-refractivity contribution in [2.45, 2.75) is 18.2 Å². The number of epoxide rings is 2. The Morgan fingerprint density at radius 3 is 1.93 bits per heavy atom. The third-order valence-corrected chi connectivity index (χ3v) is 2.39. The molecule has 2 aliphatic rings. The molecule has 2 heterocycles. The fourth-order valence-corrected chi connectivity index (χ4v) is 1.09. The van der Waals surface area contributed by atoms with Gasteiger partial charge in [-0.3, -0.25) is 0 Å². The van der Waals surface area contributed by atoms with Crippen molar-refractivity contribution < 1.29 is 24.1 Å². The van der Waals surface area contributed by atoms with E-state index in [4.69, 9.17) is 18.9 Å². The molecule has 5 nitrogen and oxygen atoms in total. The molecule has 0 aromatic rings. The molecule has 0 aromatic heterocycles. The first kappa shape index (κ1) is 10.7. The predicted octanol–water partition coefficient (Wildman–Crippen LogP) is -0.607. The molecule has 2 fully saturated rings. The Labute approximate surface area is 87.7 Å². The summed E-state index contributed by atoms with van der Waals surface area (Å²) < 4.78 is 20.2. The Bertz CT molecular complexity index is 176. The van der Waals surface area contributed by atoms with Crippen LogP contribution in [0.3, 0.4) is 0 Å². The van der Waals surface area contributed by atoms with Gasteiger partial charge in [-0.1, -0.05) is 0 Å². The van der Waals surface area contributed by atoms with E-state index in [1.54, 1.807) is 0 Å². The van der Waals surface area contributed by atoms with Gasteiger partial charge in [-0.15, -0.1) is 0 Å². The van der Waals surface area contributed by atoms with Crippen molar-refractivity contribution in [2.75, 3.05) is 32.2 Å². The summed E-state index contributed by atoms with van der Waals surface area (Å²) in [5, 5.41) is 9.74. The van der Waals surface area contributed by atoms with Crippen LogP contribution in [0.2, 0.25) is 0 Å². The second kappa shape index (κ2) is 4.34. The average molecular weight is 222 g/mol. The van der Waals surface area contributed by atoms with E-state index in [9.17, 15) is 5.11 Å². The molecule has 0 saturated carbocycles. The monoisotopic (exact) mass is 222 g/mol. The van der Waals surface area contributed by atoms with Crippen molar-refractivity contribution in [1.29, 1.82) is 0 Å². The zero-order valence-electron chi connectivity index (χ0n) is 7.72. The molecule has 0 bridgehead atoms. The van der Waals surface area contributed by atoms with Gasteiger partial charge in [0.05, 0.1) is 32.2 Å². The fourth-order valence-electron chi connectivity index (χ4n) is 0.908. The Morgan fingerprint density at radius 2 is 1.64 bits per heavy atom. The molecule has 0 spiro atoms. The molecule has 0 amide bonds. The van der Waals surface area contributed by atoms with E-state index in [0.717, 1.165) is 0 Å². The van der Waals surface area contributed by atoms with Crippen molar-refractivity contribution in [3.8, 4) is 0 Å². The highest BCUT2D eigenvalue weighted by molar-refractivity contribution is 7.80. The molecule has 2 rings (SSSR count). The zero-order chi connectivity index (χ0) is 10.0. The number of hydrogen-bond acceptors (Lipinski definition) is 6. The normalized spacial score (nSPS) is 33.9. The number of thiol groups is 1. The molecule has 2 saturated heterocycles. The third-order valence-electron chi connectivity index (χ3n) is 1.99. The van der Waals surface area contributed by atoms with Crippen LogP contribution in [0.25, 0.3) is 0 Å². The van der Waals surface area contributed by atoms with E-state index in [0.29, 0.717) is 26.4 Å². The molecular weight excluding hydrogens is 208 g/mol. The number of hydrogen-bond donors (Lipinski definition) is 2. The van der Waals surface area contributed by atoms with Crippen molar-refractivity contribution in [3.63, 3.8) is 0 Å². The highest BCUT2D eigenvalue weighted by Crippen LogP contribution is 2.19. The summed E-state index contributed by atoms with van der Waals surface area (Å²) in [5.41, 5.74) is 0. The van der Waals surface area contributed by atoms with Gasteiger partial charge in [-0.05, 0) is 0 Å². The van der Waals surface area contributed by atoms with Gasteiger partial charge in [0, 0.05) is 0 Å². The van der Waals surface area contributed by atoms with Crippen LogP contribution in [0.15, 0.2) is 0 Å². The highest BCUT2D eigenvalue weighted by Gasteiger charge is 2.35. The second-order valence-electron chi connectivity index (χ2n) is 3.40. The van der Waals surface area contributed by atoms with Crippen molar-refractivity contribution in [1.82, 2.24) is 0 Å². The van der Waals surface area contributed by atoms with Gasteiger partial charge in [-0.2, -0.15) is 12.6 Å². The topological polar surface area (TPSA) is 63.8 Å². The molecule has 6 heteroatoms. The van der Waals surface area contributed by atoms with Crippen LogP contribution in [-0.2, 0) is 18.9 Å². The van der Waals surface area contributed by atoms with Crippen LogP contribution in [0.1, 0.15) is 0 Å². The molecule has 0 aliphatic carbocycles. The first-order valence-corrected chi connectivity index (χ1v) is 5.19. The first-order valence-electron chi connectivity index (χ1n) is 4.56. The maximum absolute atomic E-state index is 9.74. The van der Waals surface area contributed by atoms with Gasteiger partial charge in [-0.25, -0.2) is 0 Å². The summed E-state index contributed by atoms with van der Waals surface area (Å²) >= 11 is 3.97. The molecule has 1 N–H and O–H groups in total. The van der Waals surface area contributed by atoms with Crippen LogP contribution < -0.4 is 0 Å². The standard InChI is InChI=1S/C8H14O5S/c9-8(5-14,12-3-6-1-10-6)13-4-7-2-11-7/h6-7,9,14H,1-5H2. The smallest absolute Gasteiger partial charge is 0.289 e. The molecule has 0 radical (unpaired) electrons. The van der Waals surface area contributed by atoms with Crippen LogP contribution in [0.5, 0.6) is 0 Å². The van der Waals surface area contributed by atoms with Crippen molar-refractivity contribution in [3.05, 3.63) is 0 Å². The van der Waals surface area contributed by atoms with Crippen LogP contribution in [0, 0.1) is 0 Å². The molecule has 2 atom stereocenters. The maximum atomic E-state index is 9.74. The minimum atomic E-state index is -1.61. The lowest BCUT2D eigenvalue weighted by Gasteiger charge is -2.25. The van der Waals surface area contributed by atoms with E-state index in [-0.39, 0.29) is 18.0 Å². The molecule has 2 unspecified atom stereocenters. The molecule has 82 valence electrons. The lowest BCUT2D eigenvalue weighted by molar-refractivity contribution is -0.346. The summed E-state index contributed by atoms with van der Waals surface area (Å²) in [6.45, 7) is 2.05. The van der Waals surface area contributed by atoms with E-state index in [1.807, 2.05) is 0 Å². The second-order valence-corrected chi connectivity index (χ2v) is 3.72. The number of ether oxygens (including phenoxy) is 4. The van der Waals surface area contributed by atoms with Crippen LogP contribution >= 0.6 is 12.6 Å². The Morgan fingerprint density at radius 1 is 1.21 bits per heavy atom. The average Bonchev–Trinajstić information content (AvgIpc) is 3.05. The van der Waals surface area contributed by atoms with E-state index < -0.39 is 5.97 Å². The number of aliphatic hydroxyl groups is 1. The molecule has 14 heavy (non-hydrogen) atoms. The lowest BCUT2D eigenvalue weighted by atomic mass is 10.5. The third kappa shape index (κ3) is 3.38. The zero-order valence-corrected chi connectivity index (χ0v) is 8.61. The van der Waals surface area contributed by atoms with Crippen molar-refractivity contribution in [2.24, 2.45) is 0 Å². The van der Waals surface area contributed by atoms with Crippen LogP contribution in [-0.4, -0.2) is 55.5 Å². The Hall–Kier alpha value is 0.150. The first-order chi connectivity index (χ1) is 6.72. The SMILES string of the molecule is OC(CS)(OCC1CO1)OCC1CO1. The summed E-state index contributed by atoms with van der Waals surface area (Å²) in [5.74, 6) is -1.52. The van der Waals surface area contributed by atoms with Crippen LogP contribution in [0.4, 0.5) is 0 Å². The van der Waals surface area contributed by atoms with E-state index in [1.165, 1.54) is 0 Å². The fraction of sp³-hybridized carbons (Fsp3) is 1.00. The maximum Gasteiger partial charge on any atom is 0.289 e. The predicted molar refractivity (Wildman–Crippen MR) is 50.2 cm³/mol. The van der Waals surface area contributed by atoms with Gasteiger partial charge in [0.15, 0.2) is 0 Å². The molecular formula is C8H14O5S. The van der Waals surface area contributed by atoms with Gasteiger partial charge in [0.2, 0.25) is 0 Å². The highest BCUT2D eigenvalue weighted by atomic mass is 32.1. The van der Waals surface area contributed by atoms with Gasteiger partial charge >= 0.3 is 0 Å². The van der Waals surface area contributed by atoms with E-state index in [2.05, 4.69) is 12.6 Å². The minimum Gasteiger partial charge on any atom is -0.371 e. The van der Waals surface area contributed by atoms with Gasteiger partial charge in [0.25, 0.3) is 5.97 Å². The lowest BCUT2D eigenvalue weighted by Crippen LogP contribution is -2.40. The largest absolute Gasteiger partial charge is 0.371 e. The quantitative estimate of drug-likeness (QED) is 0.342. The summed E-state index contributed by atoms with van der Waals surface area (Å²) in [7, 11) is 0. The minimum absolute atomic E-state index is 0.0897. The van der Waals surface area contributed by atoms with Crippen molar-refractivity contribution >= 4 is 12.6 Å². The molecule has 2 aliphatic heterocycles. The summed E-state index contributed by atoms with van der Waals surface area (Å²) in [6.07, 6.45) is 0.198. The summed E-state index contributed by atoms with van der Waals surface area (Å²) in [6, 6.07) is 0. The Kier molecular flexibility index (Phi) is 3.30. The summed E-state index contributed by atoms with van der Waals surface area (Å²) in [4.78, 5) is 0.